The number of anilines is 1. The lowest BCUT2D eigenvalue weighted by atomic mass is 9.86. The maximum Gasteiger partial charge on any atom is 0.226 e. The number of rotatable bonds is 4. The monoisotopic (exact) mass is 383 g/mol. The van der Waals surface area contributed by atoms with Crippen LogP contribution in [0.3, 0.4) is 0 Å². The van der Waals surface area contributed by atoms with Crippen LogP contribution in [0.2, 0.25) is 5.02 Å². The Morgan fingerprint density at radius 3 is 2.59 bits per heavy atom. The molecule has 2 aromatic carbocycles. The van der Waals surface area contributed by atoms with Gasteiger partial charge >= 0.3 is 0 Å². The Hall–Kier alpha value is -2.99. The molecule has 1 amide bonds. The van der Waals surface area contributed by atoms with Crippen molar-refractivity contribution in [1.82, 2.24) is 9.78 Å². The number of ether oxygens (including phenoxy) is 2. The highest BCUT2D eigenvalue weighted by Crippen LogP contribution is 2.42. The van der Waals surface area contributed by atoms with Crippen molar-refractivity contribution in [2.75, 3.05) is 19.5 Å². The lowest BCUT2D eigenvalue weighted by Gasteiger charge is -2.25. The molecule has 0 spiro atoms. The number of aromatic nitrogens is 2. The lowest BCUT2D eigenvalue weighted by Crippen LogP contribution is -2.24. The Morgan fingerprint density at radius 2 is 1.89 bits per heavy atom. The van der Waals surface area contributed by atoms with Crippen LogP contribution in [0.15, 0.2) is 48.7 Å². The van der Waals surface area contributed by atoms with E-state index in [4.69, 9.17) is 21.1 Å². The molecule has 138 valence electrons. The maximum absolute atomic E-state index is 12.4. The summed E-state index contributed by atoms with van der Waals surface area (Å²) in [5.74, 6) is 1.82. The van der Waals surface area contributed by atoms with E-state index in [0.717, 1.165) is 16.8 Å². The highest BCUT2D eigenvalue weighted by Gasteiger charge is 2.32. The topological polar surface area (TPSA) is 65.4 Å². The minimum absolute atomic E-state index is 0.0684. The molecular formula is C20H18ClN3O3. The average Bonchev–Trinajstić information content (AvgIpc) is 3.11. The van der Waals surface area contributed by atoms with E-state index < -0.39 is 0 Å². The number of nitrogens with zero attached hydrogens (tertiary/aromatic N) is 2. The van der Waals surface area contributed by atoms with Crippen molar-refractivity contribution in [2.24, 2.45) is 0 Å². The summed E-state index contributed by atoms with van der Waals surface area (Å²) in [6.45, 7) is 0. The van der Waals surface area contributed by atoms with Gasteiger partial charge in [-0.1, -0.05) is 17.7 Å². The molecule has 1 aliphatic rings. The number of carbonyl (C=O) groups is 1. The molecule has 0 fully saturated rings. The van der Waals surface area contributed by atoms with Crippen LogP contribution in [-0.4, -0.2) is 29.9 Å². The van der Waals surface area contributed by atoms with Gasteiger partial charge in [-0.05, 0) is 30.3 Å². The fraction of sp³-hybridized carbons (Fsp3) is 0.200. The molecule has 2 heterocycles. The number of hydrogen-bond acceptors (Lipinski definition) is 4. The van der Waals surface area contributed by atoms with E-state index in [9.17, 15) is 4.79 Å². The summed E-state index contributed by atoms with van der Waals surface area (Å²) in [6, 6.07) is 12.9. The highest BCUT2D eigenvalue weighted by molar-refractivity contribution is 6.30. The lowest BCUT2D eigenvalue weighted by molar-refractivity contribution is -0.116. The number of benzene rings is 2. The first-order chi connectivity index (χ1) is 13.1. The summed E-state index contributed by atoms with van der Waals surface area (Å²) in [7, 11) is 3.22. The van der Waals surface area contributed by atoms with Gasteiger partial charge in [0.1, 0.15) is 17.3 Å². The van der Waals surface area contributed by atoms with Crippen LogP contribution in [0, 0.1) is 0 Å². The van der Waals surface area contributed by atoms with Gasteiger partial charge in [0.05, 0.1) is 26.1 Å². The zero-order valence-electron chi connectivity index (χ0n) is 14.9. The molecule has 6 nitrogen and oxygen atoms in total. The molecule has 27 heavy (non-hydrogen) atoms. The predicted molar refractivity (Wildman–Crippen MR) is 103 cm³/mol. The van der Waals surface area contributed by atoms with Crippen molar-refractivity contribution in [3.8, 4) is 17.2 Å². The Bertz CT molecular complexity index is 998. The number of nitrogens with one attached hydrogen (secondary N) is 1. The largest absolute Gasteiger partial charge is 0.497 e. The third-order valence-corrected chi connectivity index (χ3v) is 4.96. The summed E-state index contributed by atoms with van der Waals surface area (Å²) >= 11 is 5.98. The summed E-state index contributed by atoms with van der Waals surface area (Å²) in [5.41, 5.74) is 2.68. The van der Waals surface area contributed by atoms with Gasteiger partial charge in [0.15, 0.2) is 0 Å². The Labute approximate surface area is 161 Å². The van der Waals surface area contributed by atoms with Crippen molar-refractivity contribution in [2.45, 2.75) is 12.3 Å². The van der Waals surface area contributed by atoms with Gasteiger partial charge in [-0.2, -0.15) is 5.10 Å². The van der Waals surface area contributed by atoms with Crippen LogP contribution in [0.5, 0.6) is 11.5 Å². The van der Waals surface area contributed by atoms with Crippen molar-refractivity contribution in [3.63, 3.8) is 0 Å². The SMILES string of the molecule is COc1ccc([C@@H]2CC(=O)Nc3c2cnn3-c2ccc(Cl)cc2)c(OC)c1. The Kier molecular flexibility index (Phi) is 4.49. The predicted octanol–water partition coefficient (Wildman–Crippen LogP) is 4.02. The minimum Gasteiger partial charge on any atom is -0.497 e. The second-order valence-electron chi connectivity index (χ2n) is 6.25. The summed E-state index contributed by atoms with van der Waals surface area (Å²) in [6.07, 6.45) is 2.11. The molecule has 0 radical (unpaired) electrons. The molecule has 1 N–H and O–H groups in total. The third-order valence-electron chi connectivity index (χ3n) is 4.71. The number of fused-ring (bicyclic) bond motifs is 1. The van der Waals surface area contributed by atoms with E-state index in [1.54, 1.807) is 37.2 Å². The van der Waals surface area contributed by atoms with E-state index in [-0.39, 0.29) is 11.8 Å². The first kappa shape index (κ1) is 17.4. The van der Waals surface area contributed by atoms with E-state index in [1.807, 2.05) is 30.3 Å². The molecule has 1 atom stereocenters. The summed E-state index contributed by atoms with van der Waals surface area (Å²) in [4.78, 5) is 12.4. The standard InChI is InChI=1S/C20H18ClN3O3/c1-26-14-7-8-15(18(9-14)27-2)16-10-19(25)23-20-17(16)11-22-24(20)13-5-3-12(21)4-6-13/h3-9,11,16H,10H2,1-2H3,(H,23,25)/t16-/m0/s1. The van der Waals surface area contributed by atoms with E-state index in [0.29, 0.717) is 28.8 Å². The minimum atomic E-state index is -0.157. The maximum atomic E-state index is 12.4. The zero-order valence-corrected chi connectivity index (χ0v) is 15.7. The Morgan fingerprint density at radius 1 is 1.11 bits per heavy atom. The van der Waals surface area contributed by atoms with Gasteiger partial charge in [-0.3, -0.25) is 4.79 Å². The molecule has 0 bridgehead atoms. The summed E-state index contributed by atoms with van der Waals surface area (Å²) in [5, 5.41) is 8.08. The quantitative estimate of drug-likeness (QED) is 0.739. The molecule has 4 rings (SSSR count). The van der Waals surface area contributed by atoms with Crippen molar-refractivity contribution < 1.29 is 14.3 Å². The molecule has 3 aromatic rings. The van der Waals surface area contributed by atoms with E-state index in [1.165, 1.54) is 0 Å². The Balaban J connectivity index is 1.81. The molecule has 7 heteroatoms. The third kappa shape index (κ3) is 3.13. The molecule has 1 aromatic heterocycles. The van der Waals surface area contributed by atoms with Gasteiger partial charge in [0.25, 0.3) is 0 Å². The number of halogens is 1. The molecule has 0 saturated heterocycles. The summed E-state index contributed by atoms with van der Waals surface area (Å²) < 4.78 is 12.5. The van der Waals surface area contributed by atoms with Gasteiger partial charge in [0.2, 0.25) is 5.91 Å². The van der Waals surface area contributed by atoms with Crippen molar-refractivity contribution in [1.29, 1.82) is 0 Å². The van der Waals surface area contributed by atoms with Gasteiger partial charge in [-0.25, -0.2) is 4.68 Å². The fourth-order valence-corrected chi connectivity index (χ4v) is 3.51. The molecule has 1 aliphatic heterocycles. The number of hydrogen-bond donors (Lipinski definition) is 1. The van der Waals surface area contributed by atoms with Crippen LogP contribution in [0.1, 0.15) is 23.5 Å². The van der Waals surface area contributed by atoms with Crippen LogP contribution < -0.4 is 14.8 Å². The van der Waals surface area contributed by atoms with Crippen molar-refractivity contribution >= 4 is 23.3 Å². The molecule has 0 saturated carbocycles. The van der Waals surface area contributed by atoms with Crippen LogP contribution in [0.25, 0.3) is 5.69 Å². The second kappa shape index (κ2) is 6.96. The molecule has 0 aliphatic carbocycles. The van der Waals surface area contributed by atoms with Gasteiger partial charge in [-0.15, -0.1) is 0 Å². The normalized spacial score (nSPS) is 15.8. The number of carbonyl (C=O) groups excluding carboxylic acids is 1. The zero-order chi connectivity index (χ0) is 19.0. The average molecular weight is 384 g/mol. The molecular weight excluding hydrogens is 366 g/mol. The van der Waals surface area contributed by atoms with E-state index >= 15 is 0 Å². The van der Waals surface area contributed by atoms with Gasteiger partial charge in [0, 0.05) is 34.6 Å². The van der Waals surface area contributed by atoms with Crippen LogP contribution in [-0.2, 0) is 4.79 Å². The van der Waals surface area contributed by atoms with Crippen LogP contribution >= 0.6 is 11.6 Å². The molecule has 0 unspecified atom stereocenters. The highest BCUT2D eigenvalue weighted by atomic mass is 35.5. The van der Waals surface area contributed by atoms with Crippen LogP contribution in [0.4, 0.5) is 5.82 Å². The first-order valence-corrected chi connectivity index (χ1v) is 8.84. The second-order valence-corrected chi connectivity index (χ2v) is 6.69. The number of amides is 1. The first-order valence-electron chi connectivity index (χ1n) is 8.46. The van der Waals surface area contributed by atoms with E-state index in [2.05, 4.69) is 10.4 Å². The number of methoxy groups -OCH3 is 2. The van der Waals surface area contributed by atoms with Crippen molar-refractivity contribution in [3.05, 3.63) is 64.8 Å². The fourth-order valence-electron chi connectivity index (χ4n) is 3.38. The smallest absolute Gasteiger partial charge is 0.226 e. The van der Waals surface area contributed by atoms with Gasteiger partial charge < -0.3 is 14.8 Å².